The van der Waals surface area contributed by atoms with Gasteiger partial charge in [0.15, 0.2) is 0 Å². The van der Waals surface area contributed by atoms with Gasteiger partial charge in [-0.1, -0.05) is 37.3 Å². The topological polar surface area (TPSA) is 29.5 Å². The third-order valence-corrected chi connectivity index (χ3v) is 2.32. The van der Waals surface area contributed by atoms with Crippen LogP contribution in [0.2, 0.25) is 0 Å². The van der Waals surface area contributed by atoms with Crippen LogP contribution in [-0.2, 0) is 11.3 Å². The second-order valence-electron chi connectivity index (χ2n) is 3.48. The highest BCUT2D eigenvalue weighted by Gasteiger charge is 2.11. The Balaban J connectivity index is 2.34. The second kappa shape index (κ2) is 5.78. The van der Waals surface area contributed by atoms with Crippen molar-refractivity contribution in [3.8, 4) is 0 Å². The number of aliphatic hydroxyl groups is 1. The summed E-state index contributed by atoms with van der Waals surface area (Å²) in [4.78, 5) is 0. The standard InChI is InChI=1S/C12H18O2/c1-3-12(13)10(2)14-9-11-7-5-4-6-8-11/h4-8,10,12-13H,3,9H2,1-2H3/t10-,12-/m0/s1. The fourth-order valence-corrected chi connectivity index (χ4v) is 1.24. The molecule has 0 aliphatic heterocycles. The first kappa shape index (κ1) is 11.2. The van der Waals surface area contributed by atoms with Crippen molar-refractivity contribution in [1.29, 1.82) is 0 Å². The normalized spacial score (nSPS) is 15.1. The van der Waals surface area contributed by atoms with Crippen molar-refractivity contribution >= 4 is 0 Å². The van der Waals surface area contributed by atoms with Gasteiger partial charge in [-0.2, -0.15) is 0 Å². The van der Waals surface area contributed by atoms with Crippen LogP contribution in [0.15, 0.2) is 30.3 Å². The summed E-state index contributed by atoms with van der Waals surface area (Å²) < 4.78 is 5.53. The lowest BCUT2D eigenvalue weighted by Crippen LogP contribution is -2.24. The molecule has 1 rings (SSSR count). The smallest absolute Gasteiger partial charge is 0.0810 e. The van der Waals surface area contributed by atoms with E-state index in [0.717, 1.165) is 12.0 Å². The van der Waals surface area contributed by atoms with Crippen molar-refractivity contribution in [2.24, 2.45) is 0 Å². The van der Waals surface area contributed by atoms with Gasteiger partial charge in [0.2, 0.25) is 0 Å². The van der Waals surface area contributed by atoms with Crippen LogP contribution in [0.4, 0.5) is 0 Å². The number of hydrogen-bond acceptors (Lipinski definition) is 2. The molecule has 0 unspecified atom stereocenters. The molecule has 0 radical (unpaired) electrons. The highest BCUT2D eigenvalue weighted by atomic mass is 16.5. The maximum absolute atomic E-state index is 9.48. The molecule has 0 aliphatic carbocycles. The summed E-state index contributed by atoms with van der Waals surface area (Å²) in [7, 11) is 0. The summed E-state index contributed by atoms with van der Waals surface area (Å²) in [6.45, 7) is 4.42. The van der Waals surface area contributed by atoms with Crippen LogP contribution in [0.25, 0.3) is 0 Å². The van der Waals surface area contributed by atoms with E-state index in [4.69, 9.17) is 4.74 Å². The van der Waals surface area contributed by atoms with E-state index in [9.17, 15) is 5.11 Å². The van der Waals surface area contributed by atoms with E-state index < -0.39 is 0 Å². The van der Waals surface area contributed by atoms with Crippen LogP contribution in [0.5, 0.6) is 0 Å². The molecule has 0 saturated carbocycles. The first-order valence-corrected chi connectivity index (χ1v) is 5.07. The van der Waals surface area contributed by atoms with E-state index in [1.54, 1.807) is 0 Å². The summed E-state index contributed by atoms with van der Waals surface area (Å²) in [6, 6.07) is 9.99. The fraction of sp³-hybridized carbons (Fsp3) is 0.500. The highest BCUT2D eigenvalue weighted by Crippen LogP contribution is 2.07. The van der Waals surface area contributed by atoms with Crippen molar-refractivity contribution in [2.45, 2.75) is 39.1 Å². The lowest BCUT2D eigenvalue weighted by Gasteiger charge is -2.17. The van der Waals surface area contributed by atoms with Crippen LogP contribution in [0, 0.1) is 0 Å². The van der Waals surface area contributed by atoms with Gasteiger partial charge < -0.3 is 9.84 Å². The number of rotatable bonds is 5. The Morgan fingerprint density at radius 2 is 1.93 bits per heavy atom. The first-order chi connectivity index (χ1) is 6.74. The van der Waals surface area contributed by atoms with E-state index in [1.807, 2.05) is 44.2 Å². The predicted octanol–water partition coefficient (Wildman–Crippen LogP) is 2.36. The lowest BCUT2D eigenvalue weighted by atomic mass is 10.2. The molecule has 1 aromatic carbocycles. The zero-order valence-corrected chi connectivity index (χ0v) is 8.81. The molecule has 0 saturated heterocycles. The zero-order chi connectivity index (χ0) is 10.4. The molecule has 1 aromatic rings. The minimum Gasteiger partial charge on any atom is -0.390 e. The van der Waals surface area contributed by atoms with Gasteiger partial charge in [0.25, 0.3) is 0 Å². The average molecular weight is 194 g/mol. The number of ether oxygens (including phenoxy) is 1. The van der Waals surface area contributed by atoms with Gasteiger partial charge in [-0.15, -0.1) is 0 Å². The SMILES string of the molecule is CC[C@H](O)[C@H](C)OCc1ccccc1. The van der Waals surface area contributed by atoms with Gasteiger partial charge in [-0.05, 0) is 18.9 Å². The molecule has 2 atom stereocenters. The highest BCUT2D eigenvalue weighted by molar-refractivity contribution is 5.13. The molecule has 2 heteroatoms. The Kier molecular flexibility index (Phi) is 4.63. The van der Waals surface area contributed by atoms with Gasteiger partial charge in [0, 0.05) is 0 Å². The third kappa shape index (κ3) is 3.48. The van der Waals surface area contributed by atoms with E-state index in [-0.39, 0.29) is 12.2 Å². The minimum absolute atomic E-state index is 0.0970. The van der Waals surface area contributed by atoms with Crippen molar-refractivity contribution in [2.75, 3.05) is 0 Å². The summed E-state index contributed by atoms with van der Waals surface area (Å²) in [5.74, 6) is 0. The Labute approximate surface area is 85.5 Å². The van der Waals surface area contributed by atoms with Gasteiger partial charge in [0.05, 0.1) is 18.8 Å². The summed E-state index contributed by atoms with van der Waals surface area (Å²) >= 11 is 0. The molecule has 2 nitrogen and oxygen atoms in total. The monoisotopic (exact) mass is 194 g/mol. The minimum atomic E-state index is -0.362. The van der Waals surface area contributed by atoms with E-state index in [0.29, 0.717) is 6.61 Å². The maximum atomic E-state index is 9.48. The molecule has 0 amide bonds. The van der Waals surface area contributed by atoms with Crippen LogP contribution >= 0.6 is 0 Å². The van der Waals surface area contributed by atoms with Gasteiger partial charge in [-0.25, -0.2) is 0 Å². The molecular weight excluding hydrogens is 176 g/mol. The second-order valence-corrected chi connectivity index (χ2v) is 3.48. The molecule has 0 spiro atoms. The van der Waals surface area contributed by atoms with Crippen molar-refractivity contribution in [3.63, 3.8) is 0 Å². The van der Waals surface area contributed by atoms with Crippen molar-refractivity contribution in [1.82, 2.24) is 0 Å². The van der Waals surface area contributed by atoms with Crippen molar-refractivity contribution in [3.05, 3.63) is 35.9 Å². The van der Waals surface area contributed by atoms with Crippen molar-refractivity contribution < 1.29 is 9.84 Å². The largest absolute Gasteiger partial charge is 0.390 e. The van der Waals surface area contributed by atoms with Crippen LogP contribution in [0.1, 0.15) is 25.8 Å². The Bertz CT molecular complexity index is 246. The summed E-state index contributed by atoms with van der Waals surface area (Å²) in [6.07, 6.45) is 0.273. The maximum Gasteiger partial charge on any atom is 0.0810 e. The van der Waals surface area contributed by atoms with E-state index in [2.05, 4.69) is 0 Å². The molecule has 0 heterocycles. The molecule has 0 aromatic heterocycles. The number of hydrogen-bond donors (Lipinski definition) is 1. The molecule has 14 heavy (non-hydrogen) atoms. The molecule has 0 fully saturated rings. The van der Waals surface area contributed by atoms with Gasteiger partial charge in [-0.3, -0.25) is 0 Å². The van der Waals surface area contributed by atoms with Gasteiger partial charge >= 0.3 is 0 Å². The number of benzene rings is 1. The molecular formula is C12H18O2. The summed E-state index contributed by atoms with van der Waals surface area (Å²) in [5, 5.41) is 9.48. The fourth-order valence-electron chi connectivity index (χ4n) is 1.24. The zero-order valence-electron chi connectivity index (χ0n) is 8.81. The van der Waals surface area contributed by atoms with Crippen LogP contribution < -0.4 is 0 Å². The predicted molar refractivity (Wildman–Crippen MR) is 57.0 cm³/mol. The van der Waals surface area contributed by atoms with E-state index in [1.165, 1.54) is 0 Å². The Morgan fingerprint density at radius 1 is 1.29 bits per heavy atom. The van der Waals surface area contributed by atoms with Gasteiger partial charge in [0.1, 0.15) is 0 Å². The molecule has 0 bridgehead atoms. The third-order valence-electron chi connectivity index (χ3n) is 2.32. The number of aliphatic hydroxyl groups excluding tert-OH is 1. The molecule has 0 aliphatic rings. The Morgan fingerprint density at radius 3 is 2.50 bits per heavy atom. The van der Waals surface area contributed by atoms with Crippen LogP contribution in [0.3, 0.4) is 0 Å². The lowest BCUT2D eigenvalue weighted by molar-refractivity contribution is -0.0360. The molecule has 78 valence electrons. The summed E-state index contributed by atoms with van der Waals surface area (Å²) in [5.41, 5.74) is 1.14. The quantitative estimate of drug-likeness (QED) is 0.779. The van der Waals surface area contributed by atoms with Crippen LogP contribution in [-0.4, -0.2) is 17.3 Å². The van der Waals surface area contributed by atoms with E-state index >= 15 is 0 Å². The Hall–Kier alpha value is -0.860. The molecule has 1 N–H and O–H groups in total. The first-order valence-electron chi connectivity index (χ1n) is 5.07. The average Bonchev–Trinajstić information content (AvgIpc) is 2.26.